The third-order valence-corrected chi connectivity index (χ3v) is 6.15. The SMILES string of the molecule is CCOC(=O)[C@@]1(Cc2cccc(OC)c2)CCCN(C(=O)Cn2ncc3ccccc32)C1. The Balaban J connectivity index is 1.56. The van der Waals surface area contributed by atoms with E-state index in [1.54, 1.807) is 22.9 Å². The van der Waals surface area contributed by atoms with Crippen LogP contribution in [0.15, 0.2) is 54.7 Å². The molecular weight excluding hydrogens is 406 g/mol. The highest BCUT2D eigenvalue weighted by atomic mass is 16.5. The number of likely N-dealkylation sites (tertiary alicyclic amines) is 1. The number of benzene rings is 2. The minimum Gasteiger partial charge on any atom is -0.497 e. The molecule has 32 heavy (non-hydrogen) atoms. The van der Waals surface area contributed by atoms with Crippen molar-refractivity contribution < 1.29 is 19.1 Å². The number of esters is 1. The monoisotopic (exact) mass is 435 g/mol. The Kier molecular flexibility index (Phi) is 6.44. The van der Waals surface area contributed by atoms with E-state index < -0.39 is 5.41 Å². The average molecular weight is 436 g/mol. The van der Waals surface area contributed by atoms with Crippen LogP contribution in [0.4, 0.5) is 0 Å². The summed E-state index contributed by atoms with van der Waals surface area (Å²) in [6.45, 7) is 3.22. The van der Waals surface area contributed by atoms with Crippen LogP contribution in [0.5, 0.6) is 5.75 Å². The fourth-order valence-corrected chi connectivity index (χ4v) is 4.57. The molecule has 3 aromatic rings. The van der Waals surface area contributed by atoms with Crippen molar-refractivity contribution >= 4 is 22.8 Å². The van der Waals surface area contributed by atoms with Crippen molar-refractivity contribution in [3.05, 3.63) is 60.3 Å². The van der Waals surface area contributed by atoms with Gasteiger partial charge in [0, 0.05) is 18.5 Å². The van der Waals surface area contributed by atoms with E-state index in [0.717, 1.165) is 28.6 Å². The molecule has 0 radical (unpaired) electrons. The smallest absolute Gasteiger partial charge is 0.314 e. The number of fused-ring (bicyclic) bond motifs is 1. The van der Waals surface area contributed by atoms with E-state index >= 15 is 0 Å². The van der Waals surface area contributed by atoms with Gasteiger partial charge in [-0.15, -0.1) is 0 Å². The summed E-state index contributed by atoms with van der Waals surface area (Å²) in [5.41, 5.74) is 1.14. The van der Waals surface area contributed by atoms with Crippen LogP contribution in [0.1, 0.15) is 25.3 Å². The fourth-order valence-electron chi connectivity index (χ4n) is 4.57. The topological polar surface area (TPSA) is 73.7 Å². The van der Waals surface area contributed by atoms with Crippen LogP contribution < -0.4 is 4.74 Å². The summed E-state index contributed by atoms with van der Waals surface area (Å²) in [5, 5.41) is 5.38. The van der Waals surface area contributed by atoms with Gasteiger partial charge in [-0.3, -0.25) is 14.3 Å². The van der Waals surface area contributed by atoms with Gasteiger partial charge < -0.3 is 14.4 Å². The highest BCUT2D eigenvalue weighted by Gasteiger charge is 2.44. The molecule has 1 fully saturated rings. The van der Waals surface area contributed by atoms with Crippen LogP contribution >= 0.6 is 0 Å². The van der Waals surface area contributed by atoms with E-state index in [1.807, 2.05) is 55.5 Å². The largest absolute Gasteiger partial charge is 0.497 e. The number of carbonyl (C=O) groups excluding carboxylic acids is 2. The van der Waals surface area contributed by atoms with Crippen molar-refractivity contribution in [1.82, 2.24) is 14.7 Å². The number of para-hydroxylation sites is 1. The molecule has 1 aromatic heterocycles. The third-order valence-electron chi connectivity index (χ3n) is 6.15. The zero-order valence-corrected chi connectivity index (χ0v) is 18.6. The molecule has 1 amide bonds. The summed E-state index contributed by atoms with van der Waals surface area (Å²) in [6.07, 6.45) is 3.69. The summed E-state index contributed by atoms with van der Waals surface area (Å²) in [7, 11) is 1.63. The van der Waals surface area contributed by atoms with Gasteiger partial charge in [-0.05, 0) is 49.9 Å². The van der Waals surface area contributed by atoms with Crippen LogP contribution in [0.25, 0.3) is 10.9 Å². The van der Waals surface area contributed by atoms with Crippen molar-refractivity contribution in [3.8, 4) is 5.75 Å². The molecule has 4 rings (SSSR count). The standard InChI is InChI=1S/C25H29N3O4/c1-3-32-24(30)25(15-19-8-6-10-21(14-19)31-2)12-7-13-27(18-25)23(29)17-28-22-11-5-4-9-20(22)16-26-28/h4-6,8-11,14,16H,3,7,12-13,15,17-18H2,1-2H3/t25-/m1/s1. The quantitative estimate of drug-likeness (QED) is 0.532. The molecular formula is C25H29N3O4. The number of nitrogens with zero attached hydrogens (tertiary/aromatic N) is 3. The van der Waals surface area contributed by atoms with Gasteiger partial charge in [-0.25, -0.2) is 0 Å². The van der Waals surface area contributed by atoms with Gasteiger partial charge >= 0.3 is 5.97 Å². The molecule has 0 saturated carbocycles. The summed E-state index contributed by atoms with van der Waals surface area (Å²) in [4.78, 5) is 28.1. The molecule has 1 aliphatic rings. The summed E-state index contributed by atoms with van der Waals surface area (Å²) in [5.74, 6) is 0.457. The maximum atomic E-state index is 13.2. The van der Waals surface area contributed by atoms with Gasteiger partial charge in [-0.1, -0.05) is 30.3 Å². The van der Waals surface area contributed by atoms with Crippen molar-refractivity contribution in [2.24, 2.45) is 5.41 Å². The molecule has 1 saturated heterocycles. The lowest BCUT2D eigenvalue weighted by Crippen LogP contribution is -2.52. The molecule has 0 aliphatic carbocycles. The van der Waals surface area contributed by atoms with Crippen LogP contribution in [-0.4, -0.2) is 53.4 Å². The average Bonchev–Trinajstić information content (AvgIpc) is 3.22. The Morgan fingerprint density at radius 2 is 2.00 bits per heavy atom. The number of ether oxygens (including phenoxy) is 2. The number of rotatable bonds is 7. The highest BCUT2D eigenvalue weighted by Crippen LogP contribution is 2.36. The first-order valence-electron chi connectivity index (χ1n) is 11.0. The Labute approximate surface area is 187 Å². The van der Waals surface area contributed by atoms with E-state index in [1.165, 1.54) is 0 Å². The highest BCUT2D eigenvalue weighted by molar-refractivity contribution is 5.83. The van der Waals surface area contributed by atoms with Gasteiger partial charge in [0.05, 0.1) is 30.8 Å². The lowest BCUT2D eigenvalue weighted by Gasteiger charge is -2.41. The van der Waals surface area contributed by atoms with Gasteiger partial charge in [-0.2, -0.15) is 5.10 Å². The van der Waals surface area contributed by atoms with E-state index in [4.69, 9.17) is 9.47 Å². The predicted molar refractivity (Wildman–Crippen MR) is 121 cm³/mol. The first-order valence-corrected chi connectivity index (χ1v) is 11.0. The Morgan fingerprint density at radius 1 is 1.16 bits per heavy atom. The van der Waals surface area contributed by atoms with Crippen molar-refractivity contribution in [1.29, 1.82) is 0 Å². The van der Waals surface area contributed by atoms with Crippen LogP contribution in [-0.2, 0) is 27.3 Å². The molecule has 1 atom stereocenters. The van der Waals surface area contributed by atoms with Crippen LogP contribution in [0, 0.1) is 5.41 Å². The molecule has 0 N–H and O–H groups in total. The zero-order chi connectivity index (χ0) is 22.6. The van der Waals surface area contributed by atoms with Gasteiger partial charge in [0.25, 0.3) is 0 Å². The summed E-state index contributed by atoms with van der Waals surface area (Å²) >= 11 is 0. The number of amides is 1. The van der Waals surface area contributed by atoms with Crippen LogP contribution in [0.3, 0.4) is 0 Å². The summed E-state index contributed by atoms with van der Waals surface area (Å²) in [6, 6.07) is 15.5. The molecule has 1 aliphatic heterocycles. The first kappa shape index (κ1) is 21.9. The lowest BCUT2D eigenvalue weighted by molar-refractivity contribution is -0.161. The minimum atomic E-state index is -0.775. The van der Waals surface area contributed by atoms with E-state index in [-0.39, 0.29) is 18.4 Å². The Morgan fingerprint density at radius 3 is 2.81 bits per heavy atom. The number of piperidine rings is 1. The van der Waals surface area contributed by atoms with E-state index in [2.05, 4.69) is 5.10 Å². The van der Waals surface area contributed by atoms with Crippen molar-refractivity contribution in [2.75, 3.05) is 26.8 Å². The minimum absolute atomic E-state index is 0.0436. The molecule has 0 bridgehead atoms. The maximum absolute atomic E-state index is 13.2. The second kappa shape index (κ2) is 9.42. The normalized spacial score (nSPS) is 18.5. The van der Waals surface area contributed by atoms with Gasteiger partial charge in [0.1, 0.15) is 12.3 Å². The Bertz CT molecular complexity index is 1110. The maximum Gasteiger partial charge on any atom is 0.314 e. The lowest BCUT2D eigenvalue weighted by atomic mass is 9.75. The van der Waals surface area contributed by atoms with E-state index in [9.17, 15) is 9.59 Å². The number of aromatic nitrogens is 2. The van der Waals surface area contributed by atoms with Gasteiger partial charge in [0.15, 0.2) is 0 Å². The van der Waals surface area contributed by atoms with E-state index in [0.29, 0.717) is 32.5 Å². The molecule has 2 heterocycles. The number of methoxy groups -OCH3 is 1. The molecule has 7 heteroatoms. The van der Waals surface area contributed by atoms with Crippen molar-refractivity contribution in [3.63, 3.8) is 0 Å². The second-order valence-electron chi connectivity index (χ2n) is 8.31. The summed E-state index contributed by atoms with van der Waals surface area (Å²) < 4.78 is 12.5. The Hall–Kier alpha value is -3.35. The zero-order valence-electron chi connectivity index (χ0n) is 18.6. The molecule has 2 aromatic carbocycles. The molecule has 0 unspecified atom stereocenters. The number of carbonyl (C=O) groups is 2. The fraction of sp³-hybridized carbons (Fsp3) is 0.400. The first-order chi connectivity index (χ1) is 15.5. The predicted octanol–water partition coefficient (Wildman–Crippen LogP) is 3.46. The second-order valence-corrected chi connectivity index (χ2v) is 8.31. The van der Waals surface area contributed by atoms with Gasteiger partial charge in [0.2, 0.25) is 5.91 Å². The number of hydrogen-bond acceptors (Lipinski definition) is 5. The number of hydrogen-bond donors (Lipinski definition) is 0. The molecule has 168 valence electrons. The molecule has 7 nitrogen and oxygen atoms in total. The van der Waals surface area contributed by atoms with Crippen molar-refractivity contribution in [2.45, 2.75) is 32.7 Å². The van der Waals surface area contributed by atoms with Crippen LogP contribution in [0.2, 0.25) is 0 Å². The third kappa shape index (κ3) is 4.47. The molecule has 0 spiro atoms.